The van der Waals surface area contributed by atoms with Gasteiger partial charge < -0.3 is 15.8 Å². The Balaban J connectivity index is 2.17. The zero-order chi connectivity index (χ0) is 15.6. The van der Waals surface area contributed by atoms with Gasteiger partial charge in [-0.3, -0.25) is 4.79 Å². The molecule has 3 N–H and O–H groups in total. The van der Waals surface area contributed by atoms with E-state index in [0.29, 0.717) is 18.4 Å². The van der Waals surface area contributed by atoms with Crippen molar-refractivity contribution < 1.29 is 23.2 Å². The van der Waals surface area contributed by atoms with E-state index in [-0.39, 0.29) is 17.4 Å². The van der Waals surface area contributed by atoms with Crippen LogP contribution in [0.3, 0.4) is 0 Å². The quantitative estimate of drug-likeness (QED) is 0.386. The lowest BCUT2D eigenvalue weighted by Crippen LogP contribution is -2.40. The average Bonchev–Trinajstić information content (AvgIpc) is 3.27. The number of carbonyl (C=O) groups is 1. The maximum Gasteiger partial charge on any atom is 0.406 e. The van der Waals surface area contributed by atoms with E-state index >= 15 is 0 Å². The van der Waals surface area contributed by atoms with E-state index in [1.54, 1.807) is 0 Å². The van der Waals surface area contributed by atoms with E-state index in [1.807, 2.05) is 0 Å². The molecule has 0 saturated heterocycles. The Kier molecular flexibility index (Phi) is 4.06. The number of amidine groups is 1. The second kappa shape index (κ2) is 5.63. The Morgan fingerprint density at radius 1 is 1.29 bits per heavy atom. The molecule has 5 nitrogen and oxygen atoms in total. The predicted molar refractivity (Wildman–Crippen MR) is 69.1 cm³/mol. The van der Waals surface area contributed by atoms with Crippen LogP contribution in [0.1, 0.15) is 28.8 Å². The van der Waals surface area contributed by atoms with Gasteiger partial charge in [-0.2, -0.15) is 13.2 Å². The van der Waals surface area contributed by atoms with Crippen molar-refractivity contribution in [2.24, 2.45) is 10.9 Å². The van der Waals surface area contributed by atoms with Crippen LogP contribution >= 0.6 is 0 Å². The first-order chi connectivity index (χ1) is 9.81. The van der Waals surface area contributed by atoms with Crippen LogP contribution < -0.4 is 5.73 Å². The van der Waals surface area contributed by atoms with Crippen LogP contribution in [0.15, 0.2) is 29.4 Å². The number of oxime groups is 1. The van der Waals surface area contributed by atoms with Gasteiger partial charge in [-0.05, 0) is 25.0 Å². The van der Waals surface area contributed by atoms with Gasteiger partial charge in [0.05, 0.1) is 0 Å². The Morgan fingerprint density at radius 3 is 2.24 bits per heavy atom. The summed E-state index contributed by atoms with van der Waals surface area (Å²) in [5.41, 5.74) is 5.89. The third kappa shape index (κ3) is 3.87. The molecule has 1 aromatic carbocycles. The highest BCUT2D eigenvalue weighted by molar-refractivity contribution is 5.99. The van der Waals surface area contributed by atoms with Gasteiger partial charge in [0.2, 0.25) is 0 Å². The SMILES string of the molecule is NC(=NO)c1ccc(C(=O)N(CC(F)(F)F)C2CC2)cc1. The molecule has 8 heteroatoms. The van der Waals surface area contributed by atoms with Gasteiger partial charge in [-0.25, -0.2) is 0 Å². The minimum absolute atomic E-state index is 0.136. The first kappa shape index (κ1) is 15.1. The molecule has 1 saturated carbocycles. The summed E-state index contributed by atoms with van der Waals surface area (Å²) in [6.45, 7) is -1.25. The first-order valence-electron chi connectivity index (χ1n) is 6.27. The number of halogens is 3. The van der Waals surface area contributed by atoms with Crippen molar-refractivity contribution in [1.29, 1.82) is 0 Å². The molecule has 1 amide bonds. The standard InChI is InChI=1S/C13H14F3N3O2/c14-13(15,16)7-19(10-5-6-10)12(20)9-3-1-8(2-4-9)11(17)18-21/h1-4,10,21H,5-7H2,(H2,17,18). The maximum absolute atomic E-state index is 12.5. The number of hydrogen-bond donors (Lipinski definition) is 2. The summed E-state index contributed by atoms with van der Waals surface area (Å²) >= 11 is 0. The van der Waals surface area contributed by atoms with Gasteiger partial charge in [-0.15, -0.1) is 0 Å². The second-order valence-electron chi connectivity index (χ2n) is 4.84. The van der Waals surface area contributed by atoms with Crippen LogP contribution in [0.25, 0.3) is 0 Å². The third-order valence-electron chi connectivity index (χ3n) is 3.13. The summed E-state index contributed by atoms with van der Waals surface area (Å²) in [5, 5.41) is 11.3. The van der Waals surface area contributed by atoms with Crippen LogP contribution in [0.4, 0.5) is 13.2 Å². The summed E-state index contributed by atoms with van der Waals surface area (Å²) in [6.07, 6.45) is -3.25. The third-order valence-corrected chi connectivity index (χ3v) is 3.13. The molecular formula is C13H14F3N3O2. The molecule has 0 atom stereocenters. The molecule has 0 heterocycles. The van der Waals surface area contributed by atoms with Crippen LogP contribution in [0.2, 0.25) is 0 Å². The lowest BCUT2D eigenvalue weighted by molar-refractivity contribution is -0.141. The molecule has 1 fully saturated rings. The molecule has 0 radical (unpaired) electrons. The van der Waals surface area contributed by atoms with Crippen molar-refractivity contribution in [2.75, 3.05) is 6.54 Å². The highest BCUT2D eigenvalue weighted by Crippen LogP contribution is 2.31. The Hall–Kier alpha value is -2.25. The Labute approximate surface area is 118 Å². The molecule has 0 aliphatic heterocycles. The minimum Gasteiger partial charge on any atom is -0.409 e. The van der Waals surface area contributed by atoms with Gasteiger partial charge in [0.15, 0.2) is 5.84 Å². The lowest BCUT2D eigenvalue weighted by Gasteiger charge is -2.23. The molecule has 21 heavy (non-hydrogen) atoms. The number of hydrogen-bond acceptors (Lipinski definition) is 3. The fourth-order valence-corrected chi connectivity index (χ4v) is 1.95. The molecule has 2 rings (SSSR count). The number of amides is 1. The number of nitrogens with two attached hydrogens (primary N) is 1. The monoisotopic (exact) mass is 301 g/mol. The highest BCUT2D eigenvalue weighted by atomic mass is 19.4. The molecular weight excluding hydrogens is 287 g/mol. The van der Waals surface area contributed by atoms with E-state index in [1.165, 1.54) is 24.3 Å². The molecule has 1 aliphatic rings. The molecule has 0 bridgehead atoms. The lowest BCUT2D eigenvalue weighted by atomic mass is 10.1. The van der Waals surface area contributed by atoms with Gasteiger partial charge in [0.1, 0.15) is 6.54 Å². The molecule has 1 aromatic rings. The number of carbonyl (C=O) groups excluding carboxylic acids is 1. The van der Waals surface area contributed by atoms with Gasteiger partial charge >= 0.3 is 6.18 Å². The Morgan fingerprint density at radius 2 is 1.81 bits per heavy atom. The van der Waals surface area contributed by atoms with E-state index in [0.717, 1.165) is 4.90 Å². The first-order valence-corrected chi connectivity index (χ1v) is 6.27. The van der Waals surface area contributed by atoms with Crippen molar-refractivity contribution in [1.82, 2.24) is 4.90 Å². The molecule has 0 unspecified atom stereocenters. The molecule has 114 valence electrons. The fourth-order valence-electron chi connectivity index (χ4n) is 1.95. The molecule has 0 aromatic heterocycles. The predicted octanol–water partition coefficient (Wildman–Crippen LogP) is 1.95. The van der Waals surface area contributed by atoms with Crippen molar-refractivity contribution in [2.45, 2.75) is 25.1 Å². The maximum atomic E-state index is 12.5. The number of benzene rings is 1. The molecule has 0 spiro atoms. The second-order valence-corrected chi connectivity index (χ2v) is 4.84. The van der Waals surface area contributed by atoms with Crippen LogP contribution in [-0.4, -0.2) is 40.6 Å². The Bertz CT molecular complexity index is 551. The average molecular weight is 301 g/mol. The van der Waals surface area contributed by atoms with Crippen LogP contribution in [0, 0.1) is 0 Å². The fraction of sp³-hybridized carbons (Fsp3) is 0.385. The van der Waals surface area contributed by atoms with Gasteiger partial charge in [-0.1, -0.05) is 17.3 Å². The highest BCUT2D eigenvalue weighted by Gasteiger charge is 2.40. The summed E-state index contributed by atoms with van der Waals surface area (Å²) in [6, 6.07) is 5.22. The van der Waals surface area contributed by atoms with Crippen molar-refractivity contribution >= 4 is 11.7 Å². The molecule has 1 aliphatic carbocycles. The van der Waals surface area contributed by atoms with Crippen molar-refractivity contribution in [3.63, 3.8) is 0 Å². The van der Waals surface area contributed by atoms with E-state index in [2.05, 4.69) is 5.16 Å². The zero-order valence-corrected chi connectivity index (χ0v) is 11.0. The smallest absolute Gasteiger partial charge is 0.406 e. The summed E-state index contributed by atoms with van der Waals surface area (Å²) in [4.78, 5) is 13.0. The van der Waals surface area contributed by atoms with E-state index < -0.39 is 18.6 Å². The summed E-state index contributed by atoms with van der Waals surface area (Å²) in [7, 11) is 0. The largest absolute Gasteiger partial charge is 0.409 e. The summed E-state index contributed by atoms with van der Waals surface area (Å²) < 4.78 is 37.6. The number of alkyl halides is 3. The topological polar surface area (TPSA) is 78.9 Å². The number of rotatable bonds is 4. The summed E-state index contributed by atoms with van der Waals surface area (Å²) in [5.74, 6) is -0.802. The minimum atomic E-state index is -4.42. The van der Waals surface area contributed by atoms with E-state index in [4.69, 9.17) is 10.9 Å². The number of nitrogens with zero attached hydrogens (tertiary/aromatic N) is 2. The zero-order valence-electron chi connectivity index (χ0n) is 11.0. The van der Waals surface area contributed by atoms with E-state index in [9.17, 15) is 18.0 Å². The van der Waals surface area contributed by atoms with Gasteiger partial charge in [0.25, 0.3) is 5.91 Å². The van der Waals surface area contributed by atoms with Crippen molar-refractivity contribution in [3.05, 3.63) is 35.4 Å². The normalized spacial score (nSPS) is 15.9. The van der Waals surface area contributed by atoms with Crippen molar-refractivity contribution in [3.8, 4) is 0 Å². The van der Waals surface area contributed by atoms with Crippen LogP contribution in [-0.2, 0) is 0 Å². The van der Waals surface area contributed by atoms with Gasteiger partial charge in [0, 0.05) is 17.2 Å². The van der Waals surface area contributed by atoms with Crippen LogP contribution in [0.5, 0.6) is 0 Å².